The Morgan fingerprint density at radius 3 is 2.26 bits per heavy atom. The third-order valence-corrected chi connectivity index (χ3v) is 2.83. The molecule has 1 atom stereocenters. The molecule has 2 N–H and O–H groups in total. The molecule has 0 radical (unpaired) electrons. The zero-order valence-electron chi connectivity index (χ0n) is 11.0. The fourth-order valence-corrected chi connectivity index (χ4v) is 1.78. The van der Waals surface area contributed by atoms with E-state index in [0.29, 0.717) is 6.54 Å². The summed E-state index contributed by atoms with van der Waals surface area (Å²) in [6.45, 7) is 3.44. The van der Waals surface area contributed by atoms with Crippen LogP contribution >= 0.6 is 0 Å². The topological polar surface area (TPSA) is 41.5 Å². The maximum atomic E-state index is 9.93. The number of ether oxygens (including phenoxy) is 1. The Balaban J connectivity index is 1.98. The number of rotatable bonds is 6. The van der Waals surface area contributed by atoms with Crippen molar-refractivity contribution >= 4 is 0 Å². The van der Waals surface area contributed by atoms with E-state index in [1.54, 1.807) is 0 Å². The Morgan fingerprint density at radius 2 is 1.63 bits per heavy atom. The van der Waals surface area contributed by atoms with Crippen LogP contribution in [0.1, 0.15) is 18.6 Å². The summed E-state index contributed by atoms with van der Waals surface area (Å²) in [5, 5.41) is 13.0. The van der Waals surface area contributed by atoms with Gasteiger partial charge >= 0.3 is 0 Å². The highest BCUT2D eigenvalue weighted by molar-refractivity contribution is 5.33. The maximum absolute atomic E-state index is 9.93. The van der Waals surface area contributed by atoms with E-state index >= 15 is 0 Å². The molecular formula is C16H19NO2. The van der Waals surface area contributed by atoms with Crippen LogP contribution in [-0.2, 0) is 0 Å². The van der Waals surface area contributed by atoms with Crippen molar-refractivity contribution in [1.29, 1.82) is 0 Å². The molecule has 3 nitrogen and oxygen atoms in total. The number of hydrogen-bond acceptors (Lipinski definition) is 3. The molecule has 19 heavy (non-hydrogen) atoms. The minimum Gasteiger partial charge on any atom is -0.457 e. The first-order chi connectivity index (χ1) is 9.29. The highest BCUT2D eigenvalue weighted by Crippen LogP contribution is 2.22. The van der Waals surface area contributed by atoms with Gasteiger partial charge in [0.25, 0.3) is 0 Å². The van der Waals surface area contributed by atoms with Crippen LogP contribution in [0.25, 0.3) is 0 Å². The average molecular weight is 257 g/mol. The fourth-order valence-electron chi connectivity index (χ4n) is 1.78. The second-order valence-electron chi connectivity index (χ2n) is 4.31. The van der Waals surface area contributed by atoms with E-state index in [4.69, 9.17) is 4.74 Å². The summed E-state index contributed by atoms with van der Waals surface area (Å²) >= 11 is 0. The summed E-state index contributed by atoms with van der Waals surface area (Å²) in [5.41, 5.74) is 0.890. The molecule has 0 aliphatic rings. The summed E-state index contributed by atoms with van der Waals surface area (Å²) in [6, 6.07) is 17.2. The smallest absolute Gasteiger partial charge is 0.127 e. The minimum atomic E-state index is -0.481. The quantitative estimate of drug-likeness (QED) is 0.835. The lowest BCUT2D eigenvalue weighted by Crippen LogP contribution is -2.20. The van der Waals surface area contributed by atoms with Gasteiger partial charge in [-0.05, 0) is 36.4 Å². The lowest BCUT2D eigenvalue weighted by Gasteiger charge is -2.12. The molecule has 0 fully saturated rings. The number of nitrogens with one attached hydrogen (secondary N) is 1. The van der Waals surface area contributed by atoms with Crippen LogP contribution in [0, 0.1) is 0 Å². The van der Waals surface area contributed by atoms with Crippen molar-refractivity contribution in [2.24, 2.45) is 0 Å². The van der Waals surface area contributed by atoms with E-state index in [1.165, 1.54) is 0 Å². The van der Waals surface area contributed by atoms with Crippen LogP contribution in [0.15, 0.2) is 54.6 Å². The third kappa shape index (κ3) is 4.09. The molecule has 0 bridgehead atoms. The Labute approximate surface area is 113 Å². The van der Waals surface area contributed by atoms with Gasteiger partial charge in [-0.1, -0.05) is 37.3 Å². The van der Waals surface area contributed by atoms with Crippen LogP contribution in [0.4, 0.5) is 0 Å². The summed E-state index contributed by atoms with van der Waals surface area (Å²) in [4.78, 5) is 0. The van der Waals surface area contributed by atoms with E-state index in [2.05, 4.69) is 5.32 Å². The van der Waals surface area contributed by atoms with Crippen LogP contribution in [-0.4, -0.2) is 18.2 Å². The van der Waals surface area contributed by atoms with Crippen molar-refractivity contribution in [3.05, 3.63) is 60.2 Å². The first-order valence-corrected chi connectivity index (χ1v) is 6.51. The second kappa shape index (κ2) is 6.92. The average Bonchev–Trinajstić information content (AvgIpc) is 2.46. The number of likely N-dealkylation sites (N-methyl/N-ethyl adjacent to an activating group) is 1. The van der Waals surface area contributed by atoms with E-state index in [0.717, 1.165) is 23.6 Å². The van der Waals surface area contributed by atoms with E-state index < -0.39 is 6.10 Å². The number of aliphatic hydroxyl groups excluding tert-OH is 1. The highest BCUT2D eigenvalue weighted by atomic mass is 16.5. The molecule has 1 unspecified atom stereocenters. The fraction of sp³-hybridized carbons (Fsp3) is 0.250. The molecule has 3 heteroatoms. The first kappa shape index (κ1) is 13.6. The number of hydrogen-bond donors (Lipinski definition) is 2. The van der Waals surface area contributed by atoms with E-state index in [-0.39, 0.29) is 0 Å². The predicted octanol–water partition coefficient (Wildman–Crippen LogP) is 3.12. The van der Waals surface area contributed by atoms with Gasteiger partial charge in [0.05, 0.1) is 6.10 Å². The van der Waals surface area contributed by atoms with Crippen molar-refractivity contribution in [3.63, 3.8) is 0 Å². The Hall–Kier alpha value is -1.84. The van der Waals surface area contributed by atoms with Gasteiger partial charge in [-0.15, -0.1) is 0 Å². The molecule has 0 aliphatic heterocycles. The van der Waals surface area contributed by atoms with Gasteiger partial charge in [-0.2, -0.15) is 0 Å². The molecule has 0 aromatic heterocycles. The van der Waals surface area contributed by atoms with Gasteiger partial charge in [-0.25, -0.2) is 0 Å². The van der Waals surface area contributed by atoms with Gasteiger partial charge in [0.1, 0.15) is 11.5 Å². The molecule has 0 spiro atoms. The van der Waals surface area contributed by atoms with Crippen LogP contribution in [0.2, 0.25) is 0 Å². The minimum absolute atomic E-state index is 0.481. The Morgan fingerprint density at radius 1 is 1.00 bits per heavy atom. The predicted molar refractivity (Wildman–Crippen MR) is 76.5 cm³/mol. The SMILES string of the molecule is CCNCC(O)c1ccc(Oc2ccccc2)cc1. The maximum Gasteiger partial charge on any atom is 0.127 e. The first-order valence-electron chi connectivity index (χ1n) is 6.51. The van der Waals surface area contributed by atoms with E-state index in [9.17, 15) is 5.11 Å². The summed E-state index contributed by atoms with van der Waals surface area (Å²) < 4.78 is 5.70. The lowest BCUT2D eigenvalue weighted by molar-refractivity contribution is 0.175. The largest absolute Gasteiger partial charge is 0.457 e. The summed E-state index contributed by atoms with van der Waals surface area (Å²) in [6.07, 6.45) is -0.481. The molecule has 2 aromatic rings. The summed E-state index contributed by atoms with van der Waals surface area (Å²) in [5.74, 6) is 1.58. The highest BCUT2D eigenvalue weighted by Gasteiger charge is 2.06. The standard InChI is InChI=1S/C16H19NO2/c1-2-17-12-16(18)13-8-10-15(11-9-13)19-14-6-4-3-5-7-14/h3-11,16-18H,2,12H2,1H3. The van der Waals surface area contributed by atoms with Crippen LogP contribution < -0.4 is 10.1 Å². The molecule has 0 heterocycles. The normalized spacial score (nSPS) is 12.1. The Bertz CT molecular complexity index is 482. The molecule has 0 saturated carbocycles. The lowest BCUT2D eigenvalue weighted by atomic mass is 10.1. The van der Waals surface area contributed by atoms with E-state index in [1.807, 2.05) is 61.5 Å². The zero-order valence-corrected chi connectivity index (χ0v) is 11.0. The molecular weight excluding hydrogens is 238 g/mol. The Kier molecular flexibility index (Phi) is 4.95. The zero-order chi connectivity index (χ0) is 13.5. The van der Waals surface area contributed by atoms with Gasteiger partial charge in [0, 0.05) is 6.54 Å². The number of aliphatic hydroxyl groups is 1. The van der Waals surface area contributed by atoms with Gasteiger partial charge in [0.15, 0.2) is 0 Å². The molecule has 0 amide bonds. The van der Waals surface area contributed by atoms with Crippen molar-refractivity contribution in [2.75, 3.05) is 13.1 Å². The van der Waals surface area contributed by atoms with Gasteiger partial charge < -0.3 is 15.2 Å². The van der Waals surface area contributed by atoms with Crippen LogP contribution in [0.5, 0.6) is 11.5 Å². The molecule has 2 aromatic carbocycles. The number of benzene rings is 2. The molecule has 0 saturated heterocycles. The van der Waals surface area contributed by atoms with Gasteiger partial charge in [-0.3, -0.25) is 0 Å². The van der Waals surface area contributed by atoms with Gasteiger partial charge in [0.2, 0.25) is 0 Å². The van der Waals surface area contributed by atoms with Crippen molar-refractivity contribution in [1.82, 2.24) is 5.32 Å². The monoisotopic (exact) mass is 257 g/mol. The molecule has 2 rings (SSSR count). The van der Waals surface area contributed by atoms with Crippen molar-refractivity contribution in [3.8, 4) is 11.5 Å². The van der Waals surface area contributed by atoms with Crippen molar-refractivity contribution < 1.29 is 9.84 Å². The summed E-state index contributed by atoms with van der Waals surface area (Å²) in [7, 11) is 0. The number of para-hydroxylation sites is 1. The molecule has 100 valence electrons. The van der Waals surface area contributed by atoms with Crippen molar-refractivity contribution in [2.45, 2.75) is 13.0 Å². The second-order valence-corrected chi connectivity index (χ2v) is 4.31. The van der Waals surface area contributed by atoms with Crippen LogP contribution in [0.3, 0.4) is 0 Å². The molecule has 0 aliphatic carbocycles. The third-order valence-electron chi connectivity index (χ3n) is 2.83.